The number of fused-ring (bicyclic) bond motifs is 5. The molecule has 0 aromatic carbocycles. The number of thioether (sulfide) groups is 1. The van der Waals surface area contributed by atoms with Crippen LogP contribution in [0.1, 0.15) is 37.1 Å². The van der Waals surface area contributed by atoms with E-state index in [-0.39, 0.29) is 0 Å². The first-order valence-corrected chi connectivity index (χ1v) is 11.6. The second kappa shape index (κ2) is 7.89. The Morgan fingerprint density at radius 2 is 2.00 bits per heavy atom. The van der Waals surface area contributed by atoms with Crippen molar-refractivity contribution in [3.8, 4) is 0 Å². The van der Waals surface area contributed by atoms with Gasteiger partial charge in [0.15, 0.2) is 5.16 Å². The highest BCUT2D eigenvalue weighted by atomic mass is 32.2. The number of anilines is 1. The number of aromatic nitrogens is 3. The van der Waals surface area contributed by atoms with Crippen LogP contribution in [-0.2, 0) is 24.0 Å². The molecular weight excluding hydrogens is 376 g/mol. The smallest absolute Gasteiger partial charge is 0.189 e. The number of aryl methyl sites for hydroxylation is 1. The van der Waals surface area contributed by atoms with Gasteiger partial charge in [0.2, 0.25) is 0 Å². The van der Waals surface area contributed by atoms with Gasteiger partial charge in [-0.05, 0) is 49.0 Å². The lowest BCUT2D eigenvalue weighted by atomic mass is 9.99. The highest BCUT2D eigenvalue weighted by Crippen LogP contribution is 2.42. The highest BCUT2D eigenvalue weighted by molar-refractivity contribution is 7.98. The van der Waals surface area contributed by atoms with Crippen molar-refractivity contribution in [1.82, 2.24) is 15.0 Å². The third kappa shape index (κ3) is 3.52. The van der Waals surface area contributed by atoms with Crippen LogP contribution in [0.25, 0.3) is 20.4 Å². The third-order valence-corrected chi connectivity index (χ3v) is 6.61. The minimum atomic E-state index is 0.614. The molecule has 0 bridgehead atoms. The molecule has 3 aromatic rings. The number of thiophene rings is 1. The molecule has 0 saturated carbocycles. The molecule has 3 aromatic heterocycles. The zero-order valence-electron chi connectivity index (χ0n) is 16.4. The molecule has 0 amide bonds. The molecule has 0 saturated heterocycles. The zero-order valence-corrected chi connectivity index (χ0v) is 18.0. The molecule has 0 spiro atoms. The molecule has 1 N–H and O–H groups in total. The van der Waals surface area contributed by atoms with Gasteiger partial charge in [-0.1, -0.05) is 25.6 Å². The molecule has 3 heterocycles. The van der Waals surface area contributed by atoms with Gasteiger partial charge in [0.25, 0.3) is 0 Å². The average molecular weight is 403 g/mol. The van der Waals surface area contributed by atoms with E-state index in [2.05, 4.69) is 19.2 Å². The van der Waals surface area contributed by atoms with Gasteiger partial charge < -0.3 is 10.1 Å². The van der Waals surface area contributed by atoms with Gasteiger partial charge in [0.1, 0.15) is 10.6 Å². The van der Waals surface area contributed by atoms with Gasteiger partial charge in [-0.3, -0.25) is 0 Å². The normalized spacial score (nSPS) is 13.8. The van der Waals surface area contributed by atoms with E-state index in [4.69, 9.17) is 19.7 Å². The lowest BCUT2D eigenvalue weighted by Gasteiger charge is -2.11. The van der Waals surface area contributed by atoms with Crippen molar-refractivity contribution in [2.75, 3.05) is 31.8 Å². The summed E-state index contributed by atoms with van der Waals surface area (Å²) in [6.45, 7) is 5.92. The van der Waals surface area contributed by atoms with Crippen LogP contribution < -0.4 is 5.32 Å². The molecule has 7 heteroatoms. The molecule has 5 nitrogen and oxygen atoms in total. The average Bonchev–Trinajstić information content (AvgIpc) is 3.25. The second-order valence-corrected chi connectivity index (χ2v) is 9.18. The summed E-state index contributed by atoms with van der Waals surface area (Å²) in [7, 11) is 1.72. The Balaban J connectivity index is 1.94. The standard InChI is InChI=1S/C20H26N4OS2/c1-11(2)10-14-12-6-5-7-13(12)15-16-17(27-19(15)22-14)18(21-8-9-25-3)24-20(23-16)26-4/h11H,5-10H2,1-4H3,(H,21,23,24). The first kappa shape index (κ1) is 18.9. The Morgan fingerprint density at radius 1 is 1.19 bits per heavy atom. The summed E-state index contributed by atoms with van der Waals surface area (Å²) in [4.78, 5) is 15.8. The van der Waals surface area contributed by atoms with Crippen molar-refractivity contribution in [2.45, 2.75) is 44.7 Å². The predicted octanol–water partition coefficient (Wildman–Crippen LogP) is 4.71. The Labute approximate surface area is 168 Å². The minimum Gasteiger partial charge on any atom is -0.383 e. The zero-order chi connectivity index (χ0) is 19.0. The van der Waals surface area contributed by atoms with Crippen molar-refractivity contribution in [3.05, 3.63) is 16.8 Å². The van der Waals surface area contributed by atoms with Crippen molar-refractivity contribution in [1.29, 1.82) is 0 Å². The summed E-state index contributed by atoms with van der Waals surface area (Å²) in [6, 6.07) is 0. The molecule has 0 unspecified atom stereocenters. The van der Waals surface area contributed by atoms with Gasteiger partial charge in [0.05, 0.1) is 16.8 Å². The fourth-order valence-corrected chi connectivity index (χ4v) is 5.36. The van der Waals surface area contributed by atoms with Crippen LogP contribution in [0.5, 0.6) is 0 Å². The van der Waals surface area contributed by atoms with Crippen LogP contribution >= 0.6 is 23.1 Å². The van der Waals surface area contributed by atoms with Crippen LogP contribution in [0, 0.1) is 5.92 Å². The van der Waals surface area contributed by atoms with E-state index in [9.17, 15) is 0 Å². The van der Waals surface area contributed by atoms with Gasteiger partial charge in [0, 0.05) is 24.7 Å². The number of hydrogen-bond acceptors (Lipinski definition) is 7. The lowest BCUT2D eigenvalue weighted by Crippen LogP contribution is -2.09. The third-order valence-electron chi connectivity index (χ3n) is 4.98. The van der Waals surface area contributed by atoms with E-state index < -0.39 is 0 Å². The maximum Gasteiger partial charge on any atom is 0.189 e. The Hall–Kier alpha value is -1.44. The number of rotatable bonds is 7. The fraction of sp³-hybridized carbons (Fsp3) is 0.550. The maximum atomic E-state index is 5.18. The topological polar surface area (TPSA) is 59.9 Å². The first-order valence-electron chi connectivity index (χ1n) is 9.54. The summed E-state index contributed by atoms with van der Waals surface area (Å²) in [5, 5.41) is 5.50. The summed E-state index contributed by atoms with van der Waals surface area (Å²) < 4.78 is 6.30. The van der Waals surface area contributed by atoms with Crippen molar-refractivity contribution < 1.29 is 4.74 Å². The quantitative estimate of drug-likeness (QED) is 0.351. The van der Waals surface area contributed by atoms with E-state index >= 15 is 0 Å². The molecule has 0 fully saturated rings. The van der Waals surface area contributed by atoms with Crippen molar-refractivity contribution >= 4 is 49.3 Å². The lowest BCUT2D eigenvalue weighted by molar-refractivity contribution is 0.210. The van der Waals surface area contributed by atoms with Crippen LogP contribution in [0.2, 0.25) is 0 Å². The van der Waals surface area contributed by atoms with Crippen LogP contribution in [-0.4, -0.2) is 41.5 Å². The van der Waals surface area contributed by atoms with Crippen LogP contribution in [0.4, 0.5) is 5.82 Å². The fourth-order valence-electron chi connectivity index (χ4n) is 3.86. The highest BCUT2D eigenvalue weighted by Gasteiger charge is 2.25. The van der Waals surface area contributed by atoms with Gasteiger partial charge in [-0.25, -0.2) is 15.0 Å². The molecule has 0 atom stereocenters. The first-order chi connectivity index (χ1) is 13.1. The molecule has 0 aliphatic heterocycles. The monoisotopic (exact) mass is 402 g/mol. The Bertz CT molecular complexity index is 983. The number of nitrogens with one attached hydrogen (secondary N) is 1. The molecule has 27 heavy (non-hydrogen) atoms. The molecule has 1 aliphatic carbocycles. The molecule has 144 valence electrons. The summed E-state index contributed by atoms with van der Waals surface area (Å²) in [6.07, 6.45) is 6.58. The number of hydrogen-bond donors (Lipinski definition) is 1. The van der Waals surface area contributed by atoms with Gasteiger partial charge in [-0.15, -0.1) is 11.3 Å². The minimum absolute atomic E-state index is 0.614. The summed E-state index contributed by atoms with van der Waals surface area (Å²) >= 11 is 3.31. The summed E-state index contributed by atoms with van der Waals surface area (Å²) in [5.41, 5.74) is 5.32. The SMILES string of the molecule is COCCNc1nc(SC)nc2c1sc1nc(CC(C)C)c3c(c12)CCC3. The van der Waals surface area contributed by atoms with E-state index in [1.807, 2.05) is 6.26 Å². The van der Waals surface area contributed by atoms with E-state index in [1.54, 1.807) is 30.2 Å². The summed E-state index contributed by atoms with van der Waals surface area (Å²) in [5.74, 6) is 1.52. The molecule has 1 aliphatic rings. The van der Waals surface area contributed by atoms with Crippen LogP contribution in [0.3, 0.4) is 0 Å². The van der Waals surface area contributed by atoms with Crippen molar-refractivity contribution in [2.24, 2.45) is 5.92 Å². The van der Waals surface area contributed by atoms with E-state index in [0.29, 0.717) is 12.5 Å². The van der Waals surface area contributed by atoms with Gasteiger partial charge in [-0.2, -0.15) is 0 Å². The van der Waals surface area contributed by atoms with Crippen molar-refractivity contribution in [3.63, 3.8) is 0 Å². The Morgan fingerprint density at radius 3 is 2.74 bits per heavy atom. The largest absolute Gasteiger partial charge is 0.383 e. The predicted molar refractivity (Wildman–Crippen MR) is 115 cm³/mol. The number of methoxy groups -OCH3 is 1. The number of ether oxygens (including phenoxy) is 1. The number of pyridine rings is 1. The molecule has 0 radical (unpaired) electrons. The second-order valence-electron chi connectivity index (χ2n) is 7.41. The number of nitrogens with zero attached hydrogens (tertiary/aromatic N) is 3. The van der Waals surface area contributed by atoms with Crippen LogP contribution in [0.15, 0.2) is 5.16 Å². The molecular formula is C20H26N4OS2. The Kier molecular flexibility index (Phi) is 5.53. The maximum absolute atomic E-state index is 5.18. The van der Waals surface area contributed by atoms with Gasteiger partial charge >= 0.3 is 0 Å². The van der Waals surface area contributed by atoms with E-state index in [1.165, 1.54) is 28.6 Å². The molecule has 4 rings (SSSR count). The van der Waals surface area contributed by atoms with E-state index in [0.717, 1.165) is 51.8 Å².